The van der Waals surface area contributed by atoms with Gasteiger partial charge in [-0.05, 0) is 43.7 Å². The Morgan fingerprint density at radius 3 is 2.39 bits per heavy atom. The molecule has 2 aromatic carbocycles. The Bertz CT molecular complexity index is 1500. The van der Waals surface area contributed by atoms with Gasteiger partial charge in [0.05, 0.1) is 37.1 Å². The summed E-state index contributed by atoms with van der Waals surface area (Å²) in [4.78, 5) is 59.6. The van der Waals surface area contributed by atoms with Crippen LogP contribution in [-0.4, -0.2) is 82.1 Å². The zero-order chi connectivity index (χ0) is 35.1. The van der Waals surface area contributed by atoms with Gasteiger partial charge in [0.15, 0.2) is 0 Å². The van der Waals surface area contributed by atoms with Crippen molar-refractivity contribution >= 4 is 23.7 Å². The zero-order valence-electron chi connectivity index (χ0n) is 28.5. The second-order valence-electron chi connectivity index (χ2n) is 13.3. The molecule has 0 saturated carbocycles. The van der Waals surface area contributed by atoms with E-state index in [9.17, 15) is 24.3 Å². The lowest BCUT2D eigenvalue weighted by molar-refractivity contribution is -0.161. The smallest absolute Gasteiger partial charge is 0.313 e. The third kappa shape index (κ3) is 7.07. The van der Waals surface area contributed by atoms with Crippen LogP contribution in [0.1, 0.15) is 75.6 Å². The van der Waals surface area contributed by atoms with E-state index in [1.54, 1.807) is 17.1 Å². The highest BCUT2D eigenvalue weighted by Crippen LogP contribution is 2.60. The molecule has 0 aromatic heterocycles. The van der Waals surface area contributed by atoms with Crippen LogP contribution in [0, 0.1) is 11.8 Å². The maximum absolute atomic E-state index is 14.8. The van der Waals surface area contributed by atoms with Crippen molar-refractivity contribution in [3.8, 4) is 0 Å². The van der Waals surface area contributed by atoms with E-state index in [4.69, 9.17) is 9.47 Å². The molecule has 0 aliphatic carbocycles. The number of nitrogens with zero attached hydrogens (tertiary/aromatic N) is 2. The number of hydrogen-bond acceptors (Lipinski definition) is 7. The number of carbonyl (C=O) groups is 4. The molecule has 0 radical (unpaired) electrons. The number of esters is 1. The van der Waals surface area contributed by atoms with E-state index in [0.29, 0.717) is 30.4 Å². The number of carbonyl (C=O) groups excluding carboxylic acids is 4. The summed E-state index contributed by atoms with van der Waals surface area (Å²) in [5, 5.41) is 13.7. The minimum atomic E-state index is -1.28. The SMILES string of the molecule is C=CCCC(=O)NC[C@@H](OC(=O)[C@@H]1[C@@H]2CC[C@]3(O2)[C@H](C(=O)N(CC=C)C(C)CCC)N([C@H](CO)c2ccccc2)C(=O)[C@@H]13)c1ccccc1. The summed E-state index contributed by atoms with van der Waals surface area (Å²) < 4.78 is 12.8. The van der Waals surface area contributed by atoms with Gasteiger partial charge in [-0.2, -0.15) is 0 Å². The van der Waals surface area contributed by atoms with Crippen molar-refractivity contribution in [1.82, 2.24) is 15.1 Å². The van der Waals surface area contributed by atoms with Gasteiger partial charge in [0.25, 0.3) is 0 Å². The first-order valence-electron chi connectivity index (χ1n) is 17.4. The van der Waals surface area contributed by atoms with Crippen LogP contribution in [-0.2, 0) is 28.7 Å². The third-order valence-corrected chi connectivity index (χ3v) is 10.3. The maximum Gasteiger partial charge on any atom is 0.313 e. The molecule has 3 heterocycles. The monoisotopic (exact) mass is 671 g/mol. The van der Waals surface area contributed by atoms with E-state index >= 15 is 0 Å². The molecule has 2 N–H and O–H groups in total. The molecule has 10 heteroatoms. The molecule has 262 valence electrons. The Labute approximate surface area is 289 Å². The van der Waals surface area contributed by atoms with Crippen molar-refractivity contribution in [3.05, 3.63) is 97.1 Å². The van der Waals surface area contributed by atoms with E-state index in [1.807, 2.05) is 67.6 Å². The predicted octanol–water partition coefficient (Wildman–Crippen LogP) is 4.66. The molecule has 1 unspecified atom stereocenters. The van der Waals surface area contributed by atoms with Gasteiger partial charge in [0, 0.05) is 19.0 Å². The molecule has 3 amide bonds. The summed E-state index contributed by atoms with van der Waals surface area (Å²) >= 11 is 0. The third-order valence-electron chi connectivity index (χ3n) is 10.3. The largest absolute Gasteiger partial charge is 0.455 e. The molecule has 10 nitrogen and oxygen atoms in total. The lowest BCUT2D eigenvalue weighted by atomic mass is 9.70. The van der Waals surface area contributed by atoms with Gasteiger partial charge in [-0.15, -0.1) is 13.2 Å². The molecule has 1 spiro atoms. The number of aliphatic hydroxyl groups excluding tert-OH is 1. The van der Waals surface area contributed by atoms with Crippen LogP contribution in [0.2, 0.25) is 0 Å². The van der Waals surface area contributed by atoms with Gasteiger partial charge < -0.3 is 29.7 Å². The second kappa shape index (κ2) is 16.0. The standard InChI is InChI=1S/C39H49N3O7/c1-5-8-20-32(44)40-24-31(28-18-13-10-14-19-28)48-38(47)33-30-21-22-39(49-30)34(33)36(45)42(29(25-43)27-16-11-9-12-17-27)35(39)37(46)41(23-7-3)26(4)15-6-2/h5,7,9-14,16-19,26,29-31,33-35,43H,1,3,6,8,15,20-25H2,2,4H3,(H,40,44)/t26?,29-,30+,31-,33-,34-,35+,39-/m1/s1. The Balaban J connectivity index is 1.51. The highest BCUT2D eigenvalue weighted by atomic mass is 16.6. The van der Waals surface area contributed by atoms with Gasteiger partial charge in [-0.25, -0.2) is 0 Å². The highest BCUT2D eigenvalue weighted by molar-refractivity contribution is 5.98. The van der Waals surface area contributed by atoms with Crippen LogP contribution >= 0.6 is 0 Å². The number of nitrogens with one attached hydrogen (secondary N) is 1. The Morgan fingerprint density at radius 2 is 1.78 bits per heavy atom. The number of allylic oxidation sites excluding steroid dienone is 1. The number of fused-ring (bicyclic) bond motifs is 1. The lowest BCUT2D eigenvalue weighted by Crippen LogP contribution is -2.58. The molecule has 49 heavy (non-hydrogen) atoms. The number of hydrogen-bond donors (Lipinski definition) is 2. The summed E-state index contributed by atoms with van der Waals surface area (Å²) in [5.74, 6) is -3.48. The first-order chi connectivity index (χ1) is 23.7. The highest BCUT2D eigenvalue weighted by Gasteiger charge is 2.76. The van der Waals surface area contributed by atoms with E-state index in [1.165, 1.54) is 4.90 Å². The number of likely N-dealkylation sites (tertiary alicyclic amines) is 1. The lowest BCUT2D eigenvalue weighted by Gasteiger charge is -2.41. The number of amides is 3. The van der Waals surface area contributed by atoms with Crippen LogP contribution in [0.15, 0.2) is 86.0 Å². The summed E-state index contributed by atoms with van der Waals surface area (Å²) in [6.45, 7) is 11.5. The summed E-state index contributed by atoms with van der Waals surface area (Å²) in [5.41, 5.74) is 0.0897. The molecule has 5 rings (SSSR count). The minimum Gasteiger partial charge on any atom is -0.455 e. The van der Waals surface area contributed by atoms with E-state index < -0.39 is 60.2 Å². The van der Waals surface area contributed by atoms with Gasteiger partial charge >= 0.3 is 5.97 Å². The number of ether oxygens (including phenoxy) is 2. The van der Waals surface area contributed by atoms with Crippen molar-refractivity contribution in [3.63, 3.8) is 0 Å². The maximum atomic E-state index is 14.8. The molecule has 8 atom stereocenters. The van der Waals surface area contributed by atoms with Gasteiger partial charge in [0.1, 0.15) is 17.7 Å². The number of aliphatic hydroxyl groups is 1. The van der Waals surface area contributed by atoms with Crippen LogP contribution in [0.5, 0.6) is 0 Å². The molecule has 2 aromatic rings. The first kappa shape index (κ1) is 36.0. The molecule has 2 bridgehead atoms. The van der Waals surface area contributed by atoms with E-state index in [2.05, 4.69) is 25.4 Å². The molecule has 3 fully saturated rings. The van der Waals surface area contributed by atoms with Crippen LogP contribution < -0.4 is 5.32 Å². The summed E-state index contributed by atoms with van der Waals surface area (Å²) in [7, 11) is 0. The Kier molecular flexibility index (Phi) is 11.7. The normalized spacial score (nSPS) is 25.6. The van der Waals surface area contributed by atoms with Gasteiger partial charge in [-0.3, -0.25) is 19.2 Å². The van der Waals surface area contributed by atoms with E-state index in [0.717, 1.165) is 12.8 Å². The first-order valence-corrected chi connectivity index (χ1v) is 17.4. The zero-order valence-corrected chi connectivity index (χ0v) is 28.5. The van der Waals surface area contributed by atoms with Crippen LogP contribution in [0.25, 0.3) is 0 Å². The van der Waals surface area contributed by atoms with Crippen molar-refractivity contribution in [2.45, 2.75) is 88.3 Å². The molecule has 3 aliphatic heterocycles. The summed E-state index contributed by atoms with van der Waals surface area (Å²) in [6.07, 6.45) is 5.17. The number of rotatable bonds is 17. The fourth-order valence-electron chi connectivity index (χ4n) is 8.00. The second-order valence-corrected chi connectivity index (χ2v) is 13.3. The Morgan fingerprint density at radius 1 is 1.10 bits per heavy atom. The topological polar surface area (TPSA) is 125 Å². The summed E-state index contributed by atoms with van der Waals surface area (Å²) in [6, 6.07) is 16.2. The van der Waals surface area contributed by atoms with Crippen LogP contribution in [0.3, 0.4) is 0 Å². The fraction of sp³-hybridized carbons (Fsp3) is 0.487. The van der Waals surface area contributed by atoms with Gasteiger partial charge in [0.2, 0.25) is 17.7 Å². The molecular weight excluding hydrogens is 622 g/mol. The number of benzene rings is 2. The van der Waals surface area contributed by atoms with Crippen molar-refractivity contribution < 1.29 is 33.8 Å². The fourth-order valence-corrected chi connectivity index (χ4v) is 8.00. The average molecular weight is 672 g/mol. The van der Waals surface area contributed by atoms with Gasteiger partial charge in [-0.1, -0.05) is 86.2 Å². The van der Waals surface area contributed by atoms with Crippen molar-refractivity contribution in [2.75, 3.05) is 19.7 Å². The van der Waals surface area contributed by atoms with Crippen LogP contribution in [0.4, 0.5) is 0 Å². The molecule has 3 aliphatic rings. The minimum absolute atomic E-state index is 0.0490. The van der Waals surface area contributed by atoms with Crippen molar-refractivity contribution in [2.24, 2.45) is 11.8 Å². The average Bonchev–Trinajstić information content (AvgIpc) is 3.76. The van der Waals surface area contributed by atoms with E-state index in [-0.39, 0.29) is 37.4 Å². The predicted molar refractivity (Wildman–Crippen MR) is 185 cm³/mol. The molecular formula is C39H49N3O7. The molecule has 3 saturated heterocycles. The van der Waals surface area contributed by atoms with Crippen molar-refractivity contribution in [1.29, 1.82) is 0 Å². The quantitative estimate of drug-likeness (QED) is 0.185. The Hall–Kier alpha value is -4.28.